The average molecular weight is 356 g/mol. The zero-order valence-electron chi connectivity index (χ0n) is 14.4. The summed E-state index contributed by atoms with van der Waals surface area (Å²) in [6, 6.07) is 15.4. The van der Waals surface area contributed by atoms with Crippen molar-refractivity contribution < 1.29 is 18.7 Å². The molecular weight excluding hydrogens is 335 g/mol. The molecule has 0 heterocycles. The molecule has 0 aliphatic heterocycles. The Hall–Kier alpha value is -2.89. The van der Waals surface area contributed by atoms with E-state index in [9.17, 15) is 14.0 Å². The number of amides is 2. The van der Waals surface area contributed by atoms with E-state index in [1.54, 1.807) is 29.2 Å². The summed E-state index contributed by atoms with van der Waals surface area (Å²) >= 11 is 0. The van der Waals surface area contributed by atoms with E-state index in [4.69, 9.17) is 4.74 Å². The molecule has 1 N–H and O–H groups in total. The van der Waals surface area contributed by atoms with E-state index in [1.807, 2.05) is 18.2 Å². The van der Waals surface area contributed by atoms with Gasteiger partial charge in [0.1, 0.15) is 11.6 Å². The van der Waals surface area contributed by atoms with Crippen LogP contribution in [0.3, 0.4) is 0 Å². The summed E-state index contributed by atoms with van der Waals surface area (Å²) in [5.74, 6) is -0.259. The summed E-state index contributed by atoms with van der Waals surface area (Å²) in [6.45, 7) is 0.102. The van der Waals surface area contributed by atoms with Gasteiger partial charge in [-0.2, -0.15) is 0 Å². The highest BCUT2D eigenvalue weighted by Gasteiger charge is 2.32. The van der Waals surface area contributed by atoms with Gasteiger partial charge in [0.15, 0.2) is 6.61 Å². The molecule has 2 aromatic carbocycles. The normalized spacial score (nSPS) is 13.1. The Morgan fingerprint density at radius 1 is 1.12 bits per heavy atom. The Morgan fingerprint density at radius 3 is 2.58 bits per heavy atom. The lowest BCUT2D eigenvalue weighted by Crippen LogP contribution is -2.42. The molecule has 0 atom stereocenters. The van der Waals surface area contributed by atoms with E-state index in [1.165, 1.54) is 12.1 Å². The maximum absolute atomic E-state index is 13.3. The summed E-state index contributed by atoms with van der Waals surface area (Å²) in [7, 11) is 0. The smallest absolute Gasteiger partial charge is 0.258 e. The van der Waals surface area contributed by atoms with Crippen molar-refractivity contribution in [1.82, 2.24) is 10.2 Å². The second-order valence-electron chi connectivity index (χ2n) is 6.26. The topological polar surface area (TPSA) is 58.6 Å². The van der Waals surface area contributed by atoms with Crippen LogP contribution in [0.15, 0.2) is 54.6 Å². The summed E-state index contributed by atoms with van der Waals surface area (Å²) in [4.78, 5) is 26.0. The van der Waals surface area contributed by atoms with Gasteiger partial charge in [-0.15, -0.1) is 0 Å². The molecule has 0 unspecified atom stereocenters. The Morgan fingerprint density at radius 2 is 1.88 bits per heavy atom. The van der Waals surface area contributed by atoms with Gasteiger partial charge in [0.2, 0.25) is 5.91 Å². The van der Waals surface area contributed by atoms with Crippen molar-refractivity contribution >= 4 is 11.8 Å². The van der Waals surface area contributed by atoms with Crippen LogP contribution in [0, 0.1) is 5.82 Å². The quantitative estimate of drug-likeness (QED) is 0.791. The molecule has 1 aliphatic carbocycles. The SMILES string of the molecule is O=C(COc1ccccc1)NCC(=O)N(Cc1cccc(F)c1)C1CC1. The number of para-hydroxylation sites is 1. The summed E-state index contributed by atoms with van der Waals surface area (Å²) < 4.78 is 18.7. The fraction of sp³-hybridized carbons (Fsp3) is 0.300. The third-order valence-electron chi connectivity index (χ3n) is 4.10. The fourth-order valence-electron chi connectivity index (χ4n) is 2.63. The highest BCUT2D eigenvalue weighted by Crippen LogP contribution is 2.28. The maximum Gasteiger partial charge on any atom is 0.258 e. The largest absolute Gasteiger partial charge is 0.484 e. The standard InChI is InChI=1S/C20H21FN2O3/c21-16-6-4-5-15(11-16)13-23(17-9-10-17)20(25)12-22-19(24)14-26-18-7-2-1-3-8-18/h1-8,11,17H,9-10,12-14H2,(H,22,24). The molecule has 2 amide bonds. The Kier molecular flexibility index (Phi) is 5.84. The number of benzene rings is 2. The molecule has 1 aliphatic rings. The van der Waals surface area contributed by atoms with E-state index in [-0.39, 0.29) is 36.8 Å². The number of halogens is 1. The molecule has 0 spiro atoms. The lowest BCUT2D eigenvalue weighted by molar-refractivity contribution is -0.134. The van der Waals surface area contributed by atoms with Gasteiger partial charge in [0.05, 0.1) is 6.54 Å². The van der Waals surface area contributed by atoms with Crippen molar-refractivity contribution in [2.24, 2.45) is 0 Å². The van der Waals surface area contributed by atoms with Crippen LogP contribution in [0.25, 0.3) is 0 Å². The van der Waals surface area contributed by atoms with Crippen LogP contribution >= 0.6 is 0 Å². The van der Waals surface area contributed by atoms with E-state index in [2.05, 4.69) is 5.32 Å². The minimum Gasteiger partial charge on any atom is -0.484 e. The molecule has 3 rings (SSSR count). The first-order valence-corrected chi connectivity index (χ1v) is 8.60. The van der Waals surface area contributed by atoms with Gasteiger partial charge in [-0.05, 0) is 42.7 Å². The molecule has 0 saturated heterocycles. The van der Waals surface area contributed by atoms with Gasteiger partial charge in [-0.1, -0.05) is 30.3 Å². The van der Waals surface area contributed by atoms with Gasteiger partial charge in [-0.25, -0.2) is 4.39 Å². The molecule has 6 heteroatoms. The van der Waals surface area contributed by atoms with Crippen LogP contribution < -0.4 is 10.1 Å². The number of carbonyl (C=O) groups excluding carboxylic acids is 2. The average Bonchev–Trinajstić information content (AvgIpc) is 3.48. The first kappa shape index (κ1) is 17.9. The number of ether oxygens (including phenoxy) is 1. The highest BCUT2D eigenvalue weighted by atomic mass is 19.1. The van der Waals surface area contributed by atoms with Crippen molar-refractivity contribution in [2.45, 2.75) is 25.4 Å². The minimum absolute atomic E-state index is 0.0944. The van der Waals surface area contributed by atoms with E-state index >= 15 is 0 Å². The fourth-order valence-corrected chi connectivity index (χ4v) is 2.63. The van der Waals surface area contributed by atoms with Crippen molar-refractivity contribution in [3.8, 4) is 5.75 Å². The van der Waals surface area contributed by atoms with Crippen LogP contribution in [-0.4, -0.2) is 35.9 Å². The Labute approximate surface area is 151 Å². The second kappa shape index (κ2) is 8.47. The highest BCUT2D eigenvalue weighted by molar-refractivity contribution is 5.85. The molecular formula is C20H21FN2O3. The van der Waals surface area contributed by atoms with Crippen LogP contribution in [0.5, 0.6) is 5.75 Å². The van der Waals surface area contributed by atoms with Gasteiger partial charge in [0.25, 0.3) is 5.91 Å². The number of hydrogen-bond acceptors (Lipinski definition) is 3. The number of rotatable bonds is 8. The van der Waals surface area contributed by atoms with E-state index in [0.717, 1.165) is 18.4 Å². The monoisotopic (exact) mass is 356 g/mol. The first-order chi connectivity index (χ1) is 12.6. The van der Waals surface area contributed by atoms with Crippen molar-refractivity contribution in [1.29, 1.82) is 0 Å². The molecule has 136 valence electrons. The molecule has 26 heavy (non-hydrogen) atoms. The van der Waals surface area contributed by atoms with Gasteiger partial charge in [0, 0.05) is 12.6 Å². The molecule has 0 aromatic heterocycles. The molecule has 0 radical (unpaired) electrons. The number of nitrogens with zero attached hydrogens (tertiary/aromatic N) is 1. The van der Waals surface area contributed by atoms with Crippen molar-refractivity contribution in [3.05, 3.63) is 66.0 Å². The molecule has 1 saturated carbocycles. The lowest BCUT2D eigenvalue weighted by Gasteiger charge is -2.23. The number of carbonyl (C=O) groups is 2. The first-order valence-electron chi connectivity index (χ1n) is 8.60. The molecule has 5 nitrogen and oxygen atoms in total. The lowest BCUT2D eigenvalue weighted by atomic mass is 10.2. The third kappa shape index (κ3) is 5.31. The van der Waals surface area contributed by atoms with E-state index < -0.39 is 0 Å². The number of hydrogen-bond donors (Lipinski definition) is 1. The summed E-state index contributed by atoms with van der Waals surface area (Å²) in [6.07, 6.45) is 1.87. The van der Waals surface area contributed by atoms with Gasteiger partial charge < -0.3 is 15.0 Å². The van der Waals surface area contributed by atoms with Gasteiger partial charge >= 0.3 is 0 Å². The zero-order chi connectivity index (χ0) is 18.4. The third-order valence-corrected chi connectivity index (χ3v) is 4.10. The number of nitrogens with one attached hydrogen (secondary N) is 1. The molecule has 2 aromatic rings. The minimum atomic E-state index is -0.358. The zero-order valence-corrected chi connectivity index (χ0v) is 14.4. The Balaban J connectivity index is 1.48. The second-order valence-corrected chi connectivity index (χ2v) is 6.26. The van der Waals surface area contributed by atoms with Crippen LogP contribution in [0.2, 0.25) is 0 Å². The van der Waals surface area contributed by atoms with Crippen molar-refractivity contribution in [3.63, 3.8) is 0 Å². The van der Waals surface area contributed by atoms with Crippen LogP contribution in [-0.2, 0) is 16.1 Å². The summed E-state index contributed by atoms with van der Waals surface area (Å²) in [5.41, 5.74) is 0.740. The van der Waals surface area contributed by atoms with Crippen LogP contribution in [0.1, 0.15) is 18.4 Å². The summed E-state index contributed by atoms with van der Waals surface area (Å²) in [5, 5.41) is 2.58. The van der Waals surface area contributed by atoms with Gasteiger partial charge in [-0.3, -0.25) is 9.59 Å². The predicted octanol–water partition coefficient (Wildman–Crippen LogP) is 2.51. The van der Waals surface area contributed by atoms with Crippen LogP contribution in [0.4, 0.5) is 4.39 Å². The van der Waals surface area contributed by atoms with Crippen molar-refractivity contribution in [2.75, 3.05) is 13.2 Å². The predicted molar refractivity (Wildman–Crippen MR) is 94.9 cm³/mol. The van der Waals surface area contributed by atoms with E-state index in [0.29, 0.717) is 12.3 Å². The Bertz CT molecular complexity index is 763. The maximum atomic E-state index is 13.3. The molecule has 0 bridgehead atoms. The molecule has 1 fully saturated rings.